The smallest absolute Gasteiger partial charge is 0.408 e. The van der Waals surface area contributed by atoms with Gasteiger partial charge in [-0.3, -0.25) is 14.5 Å². The molecule has 1 aromatic carbocycles. The van der Waals surface area contributed by atoms with E-state index in [4.69, 9.17) is 5.11 Å². The lowest BCUT2D eigenvalue weighted by Crippen LogP contribution is -2.40. The van der Waals surface area contributed by atoms with Gasteiger partial charge in [-0.15, -0.1) is 0 Å². The predicted octanol–water partition coefficient (Wildman–Crippen LogP) is 1.34. The topological polar surface area (TPSA) is 90.5 Å². The Morgan fingerprint density at radius 1 is 1.25 bits per heavy atom. The SMILES string of the molecule is O=C1CN(C(=O)O)Cc2[nH]c(=O)c3cc(F)ccc3c21. The van der Waals surface area contributed by atoms with Crippen molar-refractivity contribution >= 4 is 22.6 Å². The maximum Gasteiger partial charge on any atom is 0.408 e. The molecular formula is C13H9FN2O4. The summed E-state index contributed by atoms with van der Waals surface area (Å²) in [7, 11) is 0. The maximum atomic E-state index is 13.2. The number of fused-ring (bicyclic) bond motifs is 3. The molecule has 2 aromatic rings. The summed E-state index contributed by atoms with van der Waals surface area (Å²) in [5, 5.41) is 9.36. The average molecular weight is 276 g/mol. The van der Waals surface area contributed by atoms with Crippen molar-refractivity contribution in [1.29, 1.82) is 0 Å². The van der Waals surface area contributed by atoms with E-state index in [1.165, 1.54) is 12.1 Å². The van der Waals surface area contributed by atoms with Gasteiger partial charge in [0.25, 0.3) is 5.56 Å². The van der Waals surface area contributed by atoms with Crippen LogP contribution < -0.4 is 5.56 Å². The van der Waals surface area contributed by atoms with E-state index in [0.29, 0.717) is 5.39 Å². The molecule has 0 radical (unpaired) electrons. The van der Waals surface area contributed by atoms with Crippen LogP contribution in [0.25, 0.3) is 10.8 Å². The van der Waals surface area contributed by atoms with E-state index in [1.807, 2.05) is 0 Å². The van der Waals surface area contributed by atoms with Crippen LogP contribution in [0.2, 0.25) is 0 Å². The van der Waals surface area contributed by atoms with E-state index < -0.39 is 23.3 Å². The van der Waals surface area contributed by atoms with Gasteiger partial charge in [-0.1, -0.05) is 6.07 Å². The van der Waals surface area contributed by atoms with E-state index in [1.54, 1.807) is 0 Å². The van der Waals surface area contributed by atoms with Crippen molar-refractivity contribution in [3.63, 3.8) is 0 Å². The van der Waals surface area contributed by atoms with Gasteiger partial charge in [0.2, 0.25) is 0 Å². The van der Waals surface area contributed by atoms with Crippen LogP contribution in [0.1, 0.15) is 16.1 Å². The Morgan fingerprint density at radius 3 is 2.70 bits per heavy atom. The lowest BCUT2D eigenvalue weighted by molar-refractivity contribution is 0.0873. The second-order valence-electron chi connectivity index (χ2n) is 4.56. The minimum Gasteiger partial charge on any atom is -0.465 e. The van der Waals surface area contributed by atoms with Gasteiger partial charge in [0.1, 0.15) is 5.82 Å². The molecule has 0 fully saturated rings. The molecule has 6 nitrogen and oxygen atoms in total. The number of benzene rings is 1. The minimum absolute atomic E-state index is 0.0705. The van der Waals surface area contributed by atoms with Crippen LogP contribution in [0.5, 0.6) is 0 Å². The average Bonchev–Trinajstić information content (AvgIpc) is 2.38. The number of rotatable bonds is 0. The number of halogens is 1. The molecule has 3 rings (SSSR count). The van der Waals surface area contributed by atoms with Gasteiger partial charge < -0.3 is 10.1 Å². The number of aromatic amines is 1. The van der Waals surface area contributed by atoms with Crippen molar-refractivity contribution in [2.24, 2.45) is 0 Å². The largest absolute Gasteiger partial charge is 0.465 e. The molecule has 1 amide bonds. The van der Waals surface area contributed by atoms with Gasteiger partial charge in [-0.05, 0) is 12.1 Å². The second-order valence-corrected chi connectivity index (χ2v) is 4.56. The van der Waals surface area contributed by atoms with Crippen molar-refractivity contribution < 1.29 is 19.1 Å². The highest BCUT2D eigenvalue weighted by Crippen LogP contribution is 2.24. The first kappa shape index (κ1) is 12.3. The maximum absolute atomic E-state index is 13.2. The number of carboxylic acid groups (broad SMARTS) is 1. The van der Waals surface area contributed by atoms with Crippen molar-refractivity contribution in [2.45, 2.75) is 6.54 Å². The van der Waals surface area contributed by atoms with Crippen LogP contribution in [0, 0.1) is 5.82 Å². The number of nitrogens with one attached hydrogen (secondary N) is 1. The Hall–Kier alpha value is -2.70. The third-order valence-electron chi connectivity index (χ3n) is 3.29. The Morgan fingerprint density at radius 2 is 2.00 bits per heavy atom. The summed E-state index contributed by atoms with van der Waals surface area (Å²) in [5.41, 5.74) is -0.0388. The molecule has 0 spiro atoms. The number of hydrogen-bond acceptors (Lipinski definition) is 3. The summed E-state index contributed by atoms with van der Waals surface area (Å²) >= 11 is 0. The number of aromatic nitrogens is 1. The molecule has 0 saturated carbocycles. The quantitative estimate of drug-likeness (QED) is 0.759. The summed E-state index contributed by atoms with van der Waals surface area (Å²) in [6.45, 7) is -0.347. The molecule has 0 atom stereocenters. The molecule has 102 valence electrons. The van der Waals surface area contributed by atoms with Crippen LogP contribution in [0.4, 0.5) is 9.18 Å². The fourth-order valence-corrected chi connectivity index (χ4v) is 2.42. The molecule has 0 saturated heterocycles. The molecule has 2 heterocycles. The van der Waals surface area contributed by atoms with Gasteiger partial charge in [-0.2, -0.15) is 0 Å². The number of amides is 1. The van der Waals surface area contributed by atoms with E-state index in [2.05, 4.69) is 4.98 Å². The fraction of sp³-hybridized carbons (Fsp3) is 0.154. The molecule has 0 aliphatic carbocycles. The summed E-state index contributed by atoms with van der Waals surface area (Å²) in [6.07, 6.45) is -1.23. The van der Waals surface area contributed by atoms with E-state index in [9.17, 15) is 18.8 Å². The zero-order valence-corrected chi connectivity index (χ0v) is 10.1. The molecule has 20 heavy (non-hydrogen) atoms. The molecule has 1 aliphatic heterocycles. The number of Topliss-reactive ketones (excluding diaryl/α,β-unsaturated/α-hetero) is 1. The number of hydrogen-bond donors (Lipinski definition) is 2. The molecule has 2 N–H and O–H groups in total. The first-order chi connectivity index (χ1) is 9.47. The van der Waals surface area contributed by atoms with Crippen LogP contribution in [0.15, 0.2) is 23.0 Å². The molecule has 1 aromatic heterocycles. The van der Waals surface area contributed by atoms with E-state index >= 15 is 0 Å². The lowest BCUT2D eigenvalue weighted by atomic mass is 9.97. The summed E-state index contributed by atoms with van der Waals surface area (Å²) in [5.74, 6) is -0.986. The minimum atomic E-state index is -1.23. The zero-order chi connectivity index (χ0) is 14.4. The van der Waals surface area contributed by atoms with Gasteiger partial charge >= 0.3 is 6.09 Å². The fourth-order valence-electron chi connectivity index (χ4n) is 2.42. The van der Waals surface area contributed by atoms with Crippen LogP contribution >= 0.6 is 0 Å². The van der Waals surface area contributed by atoms with Crippen molar-refractivity contribution in [3.05, 3.63) is 45.6 Å². The highest BCUT2D eigenvalue weighted by atomic mass is 19.1. The zero-order valence-electron chi connectivity index (χ0n) is 10.1. The summed E-state index contributed by atoms with van der Waals surface area (Å²) in [6, 6.07) is 3.59. The Labute approximate surface area is 111 Å². The van der Waals surface area contributed by atoms with Gasteiger partial charge in [0.05, 0.1) is 18.5 Å². The molecular weight excluding hydrogens is 267 g/mol. The van der Waals surface area contributed by atoms with Crippen LogP contribution in [0.3, 0.4) is 0 Å². The third-order valence-corrected chi connectivity index (χ3v) is 3.29. The molecule has 1 aliphatic rings. The van der Waals surface area contributed by atoms with Gasteiger partial charge in [0.15, 0.2) is 5.78 Å². The Balaban J connectivity index is 2.30. The highest BCUT2D eigenvalue weighted by molar-refractivity contribution is 6.11. The molecule has 7 heteroatoms. The Kier molecular flexibility index (Phi) is 2.56. The normalized spacial score (nSPS) is 14.4. The molecule has 0 bridgehead atoms. The van der Waals surface area contributed by atoms with Gasteiger partial charge in [-0.25, -0.2) is 9.18 Å². The second kappa shape index (κ2) is 4.16. The monoisotopic (exact) mass is 276 g/mol. The number of nitrogens with zero attached hydrogens (tertiary/aromatic N) is 1. The van der Waals surface area contributed by atoms with E-state index in [-0.39, 0.29) is 29.7 Å². The first-order valence-corrected chi connectivity index (χ1v) is 5.83. The van der Waals surface area contributed by atoms with Crippen molar-refractivity contribution in [2.75, 3.05) is 6.54 Å². The summed E-state index contributed by atoms with van der Waals surface area (Å²) < 4.78 is 13.2. The standard InChI is InChI=1S/C13H9FN2O4/c14-6-1-2-7-8(3-6)12(18)15-9-4-16(13(19)20)5-10(17)11(7)9/h1-3H,4-5H2,(H,15,18)(H,19,20). The van der Waals surface area contributed by atoms with Crippen molar-refractivity contribution in [1.82, 2.24) is 9.88 Å². The van der Waals surface area contributed by atoms with Crippen LogP contribution in [-0.2, 0) is 6.54 Å². The van der Waals surface area contributed by atoms with Gasteiger partial charge in [0, 0.05) is 16.6 Å². The number of H-pyrrole nitrogens is 1. The molecule has 0 unspecified atom stereocenters. The third kappa shape index (κ3) is 1.75. The lowest BCUT2D eigenvalue weighted by Gasteiger charge is -2.25. The van der Waals surface area contributed by atoms with Crippen LogP contribution in [-0.4, -0.2) is 33.4 Å². The number of carbonyl (C=O) groups is 2. The summed E-state index contributed by atoms with van der Waals surface area (Å²) in [4.78, 5) is 38.3. The Bertz CT molecular complexity index is 812. The highest BCUT2D eigenvalue weighted by Gasteiger charge is 2.29. The number of carbonyl (C=O) groups excluding carboxylic acids is 1. The van der Waals surface area contributed by atoms with E-state index in [0.717, 1.165) is 11.0 Å². The first-order valence-electron chi connectivity index (χ1n) is 5.83. The number of pyridine rings is 1. The predicted molar refractivity (Wildman–Crippen MR) is 67.3 cm³/mol. The number of ketones is 1. The van der Waals surface area contributed by atoms with Crippen molar-refractivity contribution in [3.8, 4) is 0 Å².